The number of hydrogen-bond donors (Lipinski definition) is 0. The molecule has 0 spiro atoms. The minimum atomic E-state index is -2.59. The molecule has 0 radical (unpaired) electrons. The Hall–Kier alpha value is -3.74. The highest BCUT2D eigenvalue weighted by Crippen LogP contribution is 2.34. The van der Waals surface area contributed by atoms with Crippen molar-refractivity contribution in [3.63, 3.8) is 0 Å². The number of hydrogen-bond acceptors (Lipinski definition) is 4. The lowest BCUT2D eigenvalue weighted by Crippen LogP contribution is -2.27. The van der Waals surface area contributed by atoms with E-state index in [1.165, 1.54) is 6.20 Å². The molecule has 0 atom stereocenters. The molecule has 4 aromatic heterocycles. The van der Waals surface area contributed by atoms with Crippen molar-refractivity contribution in [2.45, 2.75) is 38.1 Å². The van der Waals surface area contributed by atoms with Crippen molar-refractivity contribution < 1.29 is 4.11 Å². The van der Waals surface area contributed by atoms with Crippen LogP contribution in [0.1, 0.15) is 42.3 Å². The maximum atomic E-state index is 13.5. The van der Waals surface area contributed by atoms with E-state index >= 15 is 0 Å². The molecule has 0 bridgehead atoms. The van der Waals surface area contributed by atoms with Gasteiger partial charge in [-0.2, -0.15) is 5.10 Å². The second-order valence-corrected chi connectivity index (χ2v) is 8.84. The third-order valence-corrected chi connectivity index (χ3v) is 6.74. The van der Waals surface area contributed by atoms with Gasteiger partial charge >= 0.3 is 5.69 Å². The summed E-state index contributed by atoms with van der Waals surface area (Å²) in [5, 5.41) is 4.98. The third kappa shape index (κ3) is 3.26. The standard InChI is InChI=1S/C26H26N6O/c1-30-16-19(14-29-30)22-10-9-18(13-27-22)17-8-11-23-21(12-17)25-24(15-28-23)31(2)26(33)32(25)20-6-4-3-5-7-20/h8-16,20H,3-7H2,1-2H3/i2D3. The summed E-state index contributed by atoms with van der Waals surface area (Å²) in [6.07, 6.45) is 12.0. The van der Waals surface area contributed by atoms with E-state index in [0.717, 1.165) is 70.0 Å². The van der Waals surface area contributed by atoms with Gasteiger partial charge in [0.2, 0.25) is 0 Å². The smallest absolute Gasteiger partial charge is 0.293 e. The topological polar surface area (TPSA) is 70.5 Å². The van der Waals surface area contributed by atoms with Gasteiger partial charge in [-0.3, -0.25) is 23.8 Å². The molecule has 7 nitrogen and oxygen atoms in total. The van der Waals surface area contributed by atoms with Crippen LogP contribution in [0.4, 0.5) is 0 Å². The summed E-state index contributed by atoms with van der Waals surface area (Å²) < 4.78 is 28.5. The number of fused-ring (bicyclic) bond motifs is 3. The molecular weight excluding hydrogens is 412 g/mol. The van der Waals surface area contributed by atoms with Gasteiger partial charge in [-0.1, -0.05) is 31.4 Å². The molecule has 1 aliphatic rings. The Kier molecular flexibility index (Phi) is 3.92. The van der Waals surface area contributed by atoms with Gasteiger partial charge < -0.3 is 0 Å². The fraction of sp³-hybridized carbons (Fsp3) is 0.308. The molecule has 1 aliphatic carbocycles. The van der Waals surface area contributed by atoms with Crippen LogP contribution in [0.5, 0.6) is 0 Å². The van der Waals surface area contributed by atoms with Crippen molar-refractivity contribution in [2.75, 3.05) is 0 Å². The van der Waals surface area contributed by atoms with Crippen LogP contribution >= 0.6 is 0 Å². The highest BCUT2D eigenvalue weighted by molar-refractivity contribution is 6.04. The molecule has 1 saturated carbocycles. The summed E-state index contributed by atoms with van der Waals surface area (Å²) in [5.41, 5.74) is 4.84. The molecule has 7 heteroatoms. The summed E-state index contributed by atoms with van der Waals surface area (Å²) >= 11 is 0. The Bertz CT molecular complexity index is 1640. The Balaban J connectivity index is 1.54. The monoisotopic (exact) mass is 441 g/mol. The first-order valence-electron chi connectivity index (χ1n) is 12.8. The molecule has 0 saturated heterocycles. The van der Waals surface area contributed by atoms with Crippen molar-refractivity contribution in [3.8, 4) is 22.4 Å². The predicted octanol–water partition coefficient (Wildman–Crippen LogP) is 4.86. The number of nitrogens with zero attached hydrogens (tertiary/aromatic N) is 6. The SMILES string of the molecule is [2H]C([2H])([2H])n1c(=O)n(C2CCCCC2)c2c3cc(-c4ccc(-c5cnn(C)c5)nc4)ccc3ncc21. The fourth-order valence-corrected chi connectivity index (χ4v) is 5.04. The third-order valence-electron chi connectivity index (χ3n) is 6.74. The van der Waals surface area contributed by atoms with E-state index in [1.54, 1.807) is 15.4 Å². The Labute approximate surface area is 195 Å². The molecule has 4 heterocycles. The minimum Gasteiger partial charge on any atom is -0.293 e. The summed E-state index contributed by atoms with van der Waals surface area (Å²) in [4.78, 5) is 22.7. The van der Waals surface area contributed by atoms with Gasteiger partial charge in [-0.25, -0.2) is 4.79 Å². The summed E-state index contributed by atoms with van der Waals surface area (Å²) in [7, 11) is 1.87. The van der Waals surface area contributed by atoms with Gasteiger partial charge in [0, 0.05) is 53.1 Å². The lowest BCUT2D eigenvalue weighted by molar-refractivity contribution is 0.351. The van der Waals surface area contributed by atoms with Crippen molar-refractivity contribution in [1.29, 1.82) is 0 Å². The van der Waals surface area contributed by atoms with E-state index in [9.17, 15) is 4.79 Å². The number of benzene rings is 1. The molecular formula is C26H26N6O. The summed E-state index contributed by atoms with van der Waals surface area (Å²) in [6.45, 7) is -2.59. The first-order valence-corrected chi connectivity index (χ1v) is 11.3. The molecule has 0 aliphatic heterocycles. The van der Waals surface area contributed by atoms with Gasteiger partial charge in [0.25, 0.3) is 0 Å². The molecule has 6 rings (SSSR count). The zero-order valence-corrected chi connectivity index (χ0v) is 18.4. The average Bonchev–Trinajstić information content (AvgIpc) is 3.44. The fourth-order valence-electron chi connectivity index (χ4n) is 5.04. The van der Waals surface area contributed by atoms with Crippen LogP contribution in [-0.4, -0.2) is 28.9 Å². The minimum absolute atomic E-state index is 0.0213. The molecule has 1 aromatic carbocycles. The van der Waals surface area contributed by atoms with Crippen LogP contribution in [-0.2, 0) is 14.0 Å². The number of imidazole rings is 1. The Morgan fingerprint density at radius 1 is 0.970 bits per heavy atom. The van der Waals surface area contributed by atoms with E-state index in [-0.39, 0.29) is 6.04 Å². The van der Waals surface area contributed by atoms with E-state index in [2.05, 4.69) is 15.1 Å². The van der Waals surface area contributed by atoms with Crippen LogP contribution in [0, 0.1) is 0 Å². The van der Waals surface area contributed by atoms with Crippen LogP contribution in [0.3, 0.4) is 0 Å². The number of rotatable bonds is 3. The molecule has 1 fully saturated rings. The maximum Gasteiger partial charge on any atom is 0.329 e. The molecule has 5 aromatic rings. The van der Waals surface area contributed by atoms with Crippen LogP contribution in [0.2, 0.25) is 0 Å². The van der Waals surface area contributed by atoms with Crippen molar-refractivity contribution in [1.82, 2.24) is 28.9 Å². The van der Waals surface area contributed by atoms with Crippen LogP contribution in [0.25, 0.3) is 44.3 Å². The van der Waals surface area contributed by atoms with Gasteiger partial charge in [-0.15, -0.1) is 0 Å². The first-order chi connectivity index (χ1) is 17.3. The summed E-state index contributed by atoms with van der Waals surface area (Å²) in [5.74, 6) is 0. The quantitative estimate of drug-likeness (QED) is 0.401. The van der Waals surface area contributed by atoms with Gasteiger partial charge in [0.15, 0.2) is 0 Å². The summed E-state index contributed by atoms with van der Waals surface area (Å²) in [6, 6.07) is 9.83. The predicted molar refractivity (Wildman–Crippen MR) is 130 cm³/mol. The number of aryl methyl sites for hydroxylation is 2. The lowest BCUT2D eigenvalue weighted by atomic mass is 9.95. The van der Waals surface area contributed by atoms with Gasteiger partial charge in [0.05, 0.1) is 34.6 Å². The highest BCUT2D eigenvalue weighted by Gasteiger charge is 2.23. The highest BCUT2D eigenvalue weighted by atomic mass is 16.1. The number of aromatic nitrogens is 6. The average molecular weight is 442 g/mol. The molecule has 0 unspecified atom stereocenters. The van der Waals surface area contributed by atoms with E-state index < -0.39 is 12.7 Å². The van der Waals surface area contributed by atoms with E-state index in [0.29, 0.717) is 11.0 Å². The van der Waals surface area contributed by atoms with Crippen LogP contribution < -0.4 is 5.69 Å². The normalized spacial score (nSPS) is 16.7. The van der Waals surface area contributed by atoms with Gasteiger partial charge in [0.1, 0.15) is 0 Å². The Morgan fingerprint density at radius 3 is 2.55 bits per heavy atom. The van der Waals surface area contributed by atoms with E-state index in [4.69, 9.17) is 4.11 Å². The van der Waals surface area contributed by atoms with E-state index in [1.807, 2.05) is 49.8 Å². The van der Waals surface area contributed by atoms with Crippen LogP contribution in [0.15, 0.2) is 59.9 Å². The second kappa shape index (κ2) is 7.69. The van der Waals surface area contributed by atoms with Crippen molar-refractivity contribution in [3.05, 3.63) is 65.6 Å². The number of pyridine rings is 2. The zero-order chi connectivity index (χ0) is 25.0. The molecule has 33 heavy (non-hydrogen) atoms. The molecule has 0 amide bonds. The van der Waals surface area contributed by atoms with Gasteiger partial charge in [-0.05, 0) is 36.6 Å². The Morgan fingerprint density at radius 2 is 1.82 bits per heavy atom. The first kappa shape index (κ1) is 16.8. The lowest BCUT2D eigenvalue weighted by Gasteiger charge is -2.23. The molecule has 0 N–H and O–H groups in total. The van der Waals surface area contributed by atoms with Crippen molar-refractivity contribution >= 4 is 21.9 Å². The largest absolute Gasteiger partial charge is 0.329 e. The zero-order valence-electron chi connectivity index (χ0n) is 21.4. The second-order valence-electron chi connectivity index (χ2n) is 8.84. The molecule has 166 valence electrons. The van der Waals surface area contributed by atoms with Crippen molar-refractivity contribution in [2.24, 2.45) is 14.0 Å². The maximum absolute atomic E-state index is 13.5.